The predicted molar refractivity (Wildman–Crippen MR) is 70.2 cm³/mol. The summed E-state index contributed by atoms with van der Waals surface area (Å²) < 4.78 is 6.01. The van der Waals surface area contributed by atoms with Crippen molar-refractivity contribution in [1.29, 1.82) is 0 Å². The Bertz CT molecular complexity index is 441. The monoisotopic (exact) mass is 297 g/mol. The third-order valence-electron chi connectivity index (χ3n) is 3.38. The molecule has 2 rings (SSSR count). The first-order valence-electron chi connectivity index (χ1n) is 5.70. The smallest absolute Gasteiger partial charge is 0.156 e. The standard InChI is InChI=1S/C13H16BrNO2/c1-17-11-4-3-9(7-10(11)14)8-12(16)13(15)5-2-6-13/h3-4,7H,2,5-6,8,15H2,1H3. The Labute approximate surface area is 109 Å². The lowest BCUT2D eigenvalue weighted by molar-refractivity contribution is -0.126. The van der Waals surface area contributed by atoms with Crippen molar-refractivity contribution in [3.05, 3.63) is 28.2 Å². The van der Waals surface area contributed by atoms with Crippen LogP contribution in [-0.4, -0.2) is 18.4 Å². The number of Topliss-reactive ketones (excluding diaryl/α,β-unsaturated/α-hetero) is 1. The van der Waals surface area contributed by atoms with Gasteiger partial charge in [-0.2, -0.15) is 0 Å². The fraction of sp³-hybridized carbons (Fsp3) is 0.462. The van der Waals surface area contributed by atoms with Crippen LogP contribution >= 0.6 is 15.9 Å². The number of nitrogens with two attached hydrogens (primary N) is 1. The van der Waals surface area contributed by atoms with Gasteiger partial charge in [0.1, 0.15) is 5.75 Å². The van der Waals surface area contributed by atoms with Crippen LogP contribution in [0, 0.1) is 0 Å². The Morgan fingerprint density at radius 3 is 2.71 bits per heavy atom. The normalized spacial score (nSPS) is 17.4. The molecule has 0 saturated heterocycles. The molecule has 0 spiro atoms. The molecule has 4 heteroatoms. The minimum atomic E-state index is -0.563. The maximum Gasteiger partial charge on any atom is 0.156 e. The number of carbonyl (C=O) groups is 1. The van der Waals surface area contributed by atoms with Gasteiger partial charge >= 0.3 is 0 Å². The highest BCUT2D eigenvalue weighted by Gasteiger charge is 2.39. The van der Waals surface area contributed by atoms with E-state index in [0.29, 0.717) is 6.42 Å². The number of rotatable bonds is 4. The summed E-state index contributed by atoms with van der Waals surface area (Å²) in [5.41, 5.74) is 6.41. The lowest BCUT2D eigenvalue weighted by Gasteiger charge is -2.36. The molecule has 0 aromatic heterocycles. The molecule has 2 N–H and O–H groups in total. The van der Waals surface area contributed by atoms with Gasteiger partial charge in [0, 0.05) is 6.42 Å². The van der Waals surface area contributed by atoms with Crippen molar-refractivity contribution >= 4 is 21.7 Å². The average Bonchev–Trinajstić information content (AvgIpc) is 2.26. The second kappa shape index (κ2) is 4.78. The highest BCUT2D eigenvalue weighted by atomic mass is 79.9. The van der Waals surface area contributed by atoms with Crippen molar-refractivity contribution in [3.63, 3.8) is 0 Å². The molecule has 0 amide bonds. The molecule has 1 fully saturated rings. The number of hydrogen-bond acceptors (Lipinski definition) is 3. The molecule has 92 valence electrons. The Morgan fingerprint density at radius 1 is 1.53 bits per heavy atom. The van der Waals surface area contributed by atoms with Gasteiger partial charge in [0.15, 0.2) is 5.78 Å². The van der Waals surface area contributed by atoms with Crippen molar-refractivity contribution < 1.29 is 9.53 Å². The van der Waals surface area contributed by atoms with Crippen LogP contribution in [0.3, 0.4) is 0 Å². The van der Waals surface area contributed by atoms with Crippen LogP contribution in [0.1, 0.15) is 24.8 Å². The molecule has 1 aliphatic carbocycles. The van der Waals surface area contributed by atoms with E-state index >= 15 is 0 Å². The summed E-state index contributed by atoms with van der Waals surface area (Å²) in [4.78, 5) is 12.0. The van der Waals surface area contributed by atoms with E-state index in [0.717, 1.165) is 35.0 Å². The topological polar surface area (TPSA) is 52.3 Å². The minimum Gasteiger partial charge on any atom is -0.496 e. The highest BCUT2D eigenvalue weighted by molar-refractivity contribution is 9.10. The van der Waals surface area contributed by atoms with Crippen molar-refractivity contribution in [2.75, 3.05) is 7.11 Å². The van der Waals surface area contributed by atoms with E-state index < -0.39 is 5.54 Å². The highest BCUT2D eigenvalue weighted by Crippen LogP contribution is 2.32. The zero-order chi connectivity index (χ0) is 12.5. The van der Waals surface area contributed by atoms with Crippen LogP contribution in [0.5, 0.6) is 5.75 Å². The lowest BCUT2D eigenvalue weighted by Crippen LogP contribution is -2.54. The molecular weight excluding hydrogens is 282 g/mol. The van der Waals surface area contributed by atoms with Gasteiger partial charge < -0.3 is 10.5 Å². The third-order valence-corrected chi connectivity index (χ3v) is 4.00. The second-order valence-electron chi connectivity index (χ2n) is 4.58. The van der Waals surface area contributed by atoms with Crippen LogP contribution < -0.4 is 10.5 Å². The molecule has 1 saturated carbocycles. The van der Waals surface area contributed by atoms with E-state index in [9.17, 15) is 4.79 Å². The fourth-order valence-electron chi connectivity index (χ4n) is 2.02. The van der Waals surface area contributed by atoms with Crippen LogP contribution in [0.2, 0.25) is 0 Å². The van der Waals surface area contributed by atoms with Crippen molar-refractivity contribution in [3.8, 4) is 5.75 Å². The lowest BCUT2D eigenvalue weighted by atomic mass is 9.73. The SMILES string of the molecule is COc1ccc(CC(=O)C2(N)CCC2)cc1Br. The van der Waals surface area contributed by atoms with E-state index in [1.54, 1.807) is 7.11 Å². The number of hydrogen-bond donors (Lipinski definition) is 1. The average molecular weight is 298 g/mol. The molecule has 0 atom stereocenters. The summed E-state index contributed by atoms with van der Waals surface area (Å²) in [6, 6.07) is 5.68. The predicted octanol–water partition coefficient (Wildman–Crippen LogP) is 2.45. The number of ketones is 1. The van der Waals surface area contributed by atoms with Crippen molar-refractivity contribution in [2.45, 2.75) is 31.2 Å². The molecule has 17 heavy (non-hydrogen) atoms. The Morgan fingerprint density at radius 2 is 2.24 bits per heavy atom. The molecule has 1 aromatic carbocycles. The van der Waals surface area contributed by atoms with E-state index in [-0.39, 0.29) is 5.78 Å². The zero-order valence-corrected chi connectivity index (χ0v) is 11.4. The van der Waals surface area contributed by atoms with E-state index in [2.05, 4.69) is 15.9 Å². The number of ether oxygens (including phenoxy) is 1. The van der Waals surface area contributed by atoms with Gasteiger partial charge in [0.2, 0.25) is 0 Å². The first kappa shape index (κ1) is 12.6. The molecule has 3 nitrogen and oxygen atoms in total. The number of benzene rings is 1. The van der Waals surface area contributed by atoms with E-state index in [1.165, 1.54) is 0 Å². The zero-order valence-electron chi connectivity index (χ0n) is 9.83. The minimum absolute atomic E-state index is 0.140. The number of halogens is 1. The summed E-state index contributed by atoms with van der Waals surface area (Å²) in [6.07, 6.45) is 3.11. The van der Waals surface area contributed by atoms with E-state index in [1.807, 2.05) is 18.2 Å². The molecule has 1 aromatic rings. The fourth-order valence-corrected chi connectivity index (χ4v) is 2.61. The summed E-state index contributed by atoms with van der Waals surface area (Å²) in [5, 5.41) is 0. The van der Waals surface area contributed by atoms with Gasteiger partial charge in [0.05, 0.1) is 17.1 Å². The molecular formula is C13H16BrNO2. The van der Waals surface area contributed by atoms with Gasteiger partial charge in [-0.25, -0.2) is 0 Å². The Kier molecular flexibility index (Phi) is 3.54. The molecule has 0 radical (unpaired) electrons. The number of carbonyl (C=O) groups excluding carboxylic acids is 1. The summed E-state index contributed by atoms with van der Waals surface area (Å²) in [5.74, 6) is 0.910. The molecule has 1 aliphatic rings. The maximum atomic E-state index is 12.0. The largest absolute Gasteiger partial charge is 0.496 e. The summed E-state index contributed by atoms with van der Waals surface area (Å²) in [6.45, 7) is 0. The van der Waals surface area contributed by atoms with Crippen molar-refractivity contribution in [1.82, 2.24) is 0 Å². The van der Waals surface area contributed by atoms with Gasteiger partial charge in [-0.05, 0) is 52.9 Å². The van der Waals surface area contributed by atoms with E-state index in [4.69, 9.17) is 10.5 Å². The van der Waals surface area contributed by atoms with Gasteiger partial charge in [-0.15, -0.1) is 0 Å². The van der Waals surface area contributed by atoms with Crippen molar-refractivity contribution in [2.24, 2.45) is 5.73 Å². The first-order chi connectivity index (χ1) is 8.05. The summed E-state index contributed by atoms with van der Waals surface area (Å²) >= 11 is 3.41. The quantitative estimate of drug-likeness (QED) is 0.929. The molecule has 0 unspecified atom stereocenters. The maximum absolute atomic E-state index is 12.0. The van der Waals surface area contributed by atoms with Crippen LogP contribution in [0.15, 0.2) is 22.7 Å². The third kappa shape index (κ3) is 2.53. The van der Waals surface area contributed by atoms with Crippen LogP contribution in [-0.2, 0) is 11.2 Å². The summed E-state index contributed by atoms with van der Waals surface area (Å²) in [7, 11) is 1.62. The Balaban J connectivity index is 2.08. The molecule has 0 heterocycles. The van der Waals surface area contributed by atoms with Gasteiger partial charge in [0.25, 0.3) is 0 Å². The second-order valence-corrected chi connectivity index (χ2v) is 5.43. The van der Waals surface area contributed by atoms with Gasteiger partial charge in [-0.3, -0.25) is 4.79 Å². The van der Waals surface area contributed by atoms with Gasteiger partial charge in [-0.1, -0.05) is 6.07 Å². The van der Waals surface area contributed by atoms with Crippen LogP contribution in [0.4, 0.5) is 0 Å². The molecule has 0 bridgehead atoms. The molecule has 0 aliphatic heterocycles. The number of methoxy groups -OCH3 is 1. The Hall–Kier alpha value is -0.870. The van der Waals surface area contributed by atoms with Crippen LogP contribution in [0.25, 0.3) is 0 Å². The first-order valence-corrected chi connectivity index (χ1v) is 6.49.